The molecular formula is C18H17BrF3NO2S. The summed E-state index contributed by atoms with van der Waals surface area (Å²) in [5, 5.41) is 1.86. The molecule has 0 radical (unpaired) electrons. The molecule has 0 saturated heterocycles. The molecule has 0 aliphatic heterocycles. The molecule has 2 aromatic rings. The van der Waals surface area contributed by atoms with E-state index in [4.69, 9.17) is 4.74 Å². The third kappa shape index (κ3) is 5.41. The van der Waals surface area contributed by atoms with Crippen molar-refractivity contribution in [2.75, 3.05) is 12.4 Å². The van der Waals surface area contributed by atoms with Gasteiger partial charge in [0.05, 0.1) is 28.1 Å². The van der Waals surface area contributed by atoms with Gasteiger partial charge in [0.25, 0.3) is 0 Å². The Bertz CT molecular complexity index is 783. The van der Waals surface area contributed by atoms with Crippen LogP contribution in [0.25, 0.3) is 0 Å². The number of amides is 1. The highest BCUT2D eigenvalue weighted by Gasteiger charge is 2.33. The molecule has 0 bridgehead atoms. The van der Waals surface area contributed by atoms with E-state index in [2.05, 4.69) is 21.2 Å². The fraction of sp³-hybridized carbons (Fsp3) is 0.278. The summed E-state index contributed by atoms with van der Waals surface area (Å²) in [6, 6.07) is 10.5. The lowest BCUT2D eigenvalue weighted by atomic mass is 10.1. The number of hydrogen-bond acceptors (Lipinski definition) is 3. The number of ether oxygens (including phenoxy) is 1. The molecule has 140 valence electrons. The summed E-state index contributed by atoms with van der Waals surface area (Å²) in [6.07, 6.45) is -4.52. The van der Waals surface area contributed by atoms with Crippen molar-refractivity contribution in [3.05, 3.63) is 58.1 Å². The summed E-state index contributed by atoms with van der Waals surface area (Å²) in [4.78, 5) is 12.3. The number of hydrogen-bond donors (Lipinski definition) is 1. The van der Waals surface area contributed by atoms with Crippen LogP contribution >= 0.6 is 27.7 Å². The smallest absolute Gasteiger partial charge is 0.418 e. The summed E-state index contributed by atoms with van der Waals surface area (Å²) < 4.78 is 45.0. The van der Waals surface area contributed by atoms with E-state index in [0.717, 1.165) is 16.1 Å². The lowest BCUT2D eigenvalue weighted by molar-refractivity contribution is -0.137. The number of halogens is 4. The van der Waals surface area contributed by atoms with Gasteiger partial charge in [0.2, 0.25) is 5.91 Å². The van der Waals surface area contributed by atoms with Gasteiger partial charge >= 0.3 is 6.18 Å². The summed E-state index contributed by atoms with van der Waals surface area (Å²) in [6.45, 7) is 1.66. The predicted octanol–water partition coefficient (Wildman–Crippen LogP) is 5.74. The van der Waals surface area contributed by atoms with Crippen LogP contribution in [-0.2, 0) is 16.7 Å². The normalized spacial score (nSPS) is 12.5. The summed E-state index contributed by atoms with van der Waals surface area (Å²) in [5.74, 6) is 0.769. The first-order chi connectivity index (χ1) is 12.2. The first-order valence-electron chi connectivity index (χ1n) is 7.63. The van der Waals surface area contributed by atoms with Crippen LogP contribution < -0.4 is 10.1 Å². The Morgan fingerprint density at radius 1 is 1.27 bits per heavy atom. The minimum atomic E-state index is -4.52. The van der Waals surface area contributed by atoms with E-state index in [0.29, 0.717) is 11.5 Å². The molecule has 0 fully saturated rings. The minimum absolute atomic E-state index is 0.232. The number of nitrogens with one attached hydrogen (secondary N) is 1. The van der Waals surface area contributed by atoms with Crippen LogP contribution in [0, 0.1) is 0 Å². The number of benzene rings is 2. The molecule has 26 heavy (non-hydrogen) atoms. The second-order valence-electron chi connectivity index (χ2n) is 5.45. The highest BCUT2D eigenvalue weighted by atomic mass is 79.9. The van der Waals surface area contributed by atoms with Gasteiger partial charge < -0.3 is 10.1 Å². The van der Waals surface area contributed by atoms with E-state index in [1.54, 1.807) is 14.0 Å². The Labute approximate surface area is 162 Å². The molecule has 2 rings (SSSR count). The van der Waals surface area contributed by atoms with Gasteiger partial charge in [-0.1, -0.05) is 18.2 Å². The number of para-hydroxylation sites is 1. The van der Waals surface area contributed by atoms with Gasteiger partial charge in [0.15, 0.2) is 0 Å². The average molecular weight is 448 g/mol. The van der Waals surface area contributed by atoms with Crippen molar-refractivity contribution in [3.63, 3.8) is 0 Å². The van der Waals surface area contributed by atoms with Gasteiger partial charge in [0.1, 0.15) is 5.75 Å². The Morgan fingerprint density at radius 3 is 2.58 bits per heavy atom. The van der Waals surface area contributed by atoms with Crippen molar-refractivity contribution in [3.8, 4) is 5.75 Å². The van der Waals surface area contributed by atoms with Crippen molar-refractivity contribution in [2.24, 2.45) is 0 Å². The van der Waals surface area contributed by atoms with E-state index in [1.165, 1.54) is 30.0 Å². The molecule has 0 spiro atoms. The van der Waals surface area contributed by atoms with Crippen molar-refractivity contribution in [1.29, 1.82) is 0 Å². The van der Waals surface area contributed by atoms with Gasteiger partial charge in [-0.3, -0.25) is 4.79 Å². The molecule has 1 unspecified atom stereocenters. The summed E-state index contributed by atoms with van der Waals surface area (Å²) in [7, 11) is 1.57. The fourth-order valence-electron chi connectivity index (χ4n) is 2.17. The van der Waals surface area contributed by atoms with Gasteiger partial charge in [-0.2, -0.15) is 13.2 Å². The van der Waals surface area contributed by atoms with Gasteiger partial charge in [0, 0.05) is 5.75 Å². The van der Waals surface area contributed by atoms with Crippen LogP contribution in [0.1, 0.15) is 18.1 Å². The van der Waals surface area contributed by atoms with E-state index < -0.39 is 22.9 Å². The third-order valence-electron chi connectivity index (χ3n) is 3.58. The van der Waals surface area contributed by atoms with Crippen LogP contribution in [0.15, 0.2) is 46.9 Å². The zero-order chi connectivity index (χ0) is 19.3. The number of anilines is 1. The third-order valence-corrected chi connectivity index (χ3v) is 5.41. The second-order valence-corrected chi connectivity index (χ2v) is 7.64. The Morgan fingerprint density at radius 2 is 1.96 bits per heavy atom. The Balaban J connectivity index is 1.99. The summed E-state index contributed by atoms with van der Waals surface area (Å²) >= 11 is 4.73. The first-order valence-corrected chi connectivity index (χ1v) is 9.47. The highest BCUT2D eigenvalue weighted by Crippen LogP contribution is 2.35. The van der Waals surface area contributed by atoms with Crippen LogP contribution in [-0.4, -0.2) is 18.3 Å². The Hall–Kier alpha value is -1.67. The van der Waals surface area contributed by atoms with Gasteiger partial charge in [-0.25, -0.2) is 0 Å². The zero-order valence-electron chi connectivity index (χ0n) is 14.1. The molecule has 3 nitrogen and oxygen atoms in total. The first kappa shape index (κ1) is 20.6. The standard InChI is InChI=1S/C18H17BrF3NO2S/c1-11(26-10-12-7-8-16(25-2)14(19)9-12)17(24)23-15-6-4-3-5-13(15)18(20,21)22/h3-9,11H,10H2,1-2H3,(H,23,24). The summed E-state index contributed by atoms with van der Waals surface area (Å²) in [5.41, 5.74) is -0.118. The van der Waals surface area contributed by atoms with Crippen LogP contribution in [0.2, 0.25) is 0 Å². The fourth-order valence-corrected chi connectivity index (χ4v) is 3.59. The SMILES string of the molecule is COc1ccc(CSC(C)C(=O)Nc2ccccc2C(F)(F)F)cc1Br. The van der Waals surface area contributed by atoms with Crippen LogP contribution in [0.4, 0.5) is 18.9 Å². The maximum Gasteiger partial charge on any atom is 0.418 e. The minimum Gasteiger partial charge on any atom is -0.496 e. The monoisotopic (exact) mass is 447 g/mol. The number of methoxy groups -OCH3 is 1. The Kier molecular flexibility index (Phi) is 7.00. The van der Waals surface area contributed by atoms with Gasteiger partial charge in [-0.05, 0) is 52.7 Å². The average Bonchev–Trinajstić information content (AvgIpc) is 2.59. The number of thioether (sulfide) groups is 1. The van der Waals surface area contributed by atoms with E-state index in [9.17, 15) is 18.0 Å². The molecule has 0 saturated carbocycles. The molecule has 0 aliphatic rings. The van der Waals surface area contributed by atoms with Crippen molar-refractivity contribution < 1.29 is 22.7 Å². The van der Waals surface area contributed by atoms with E-state index in [1.807, 2.05) is 18.2 Å². The highest BCUT2D eigenvalue weighted by molar-refractivity contribution is 9.10. The van der Waals surface area contributed by atoms with E-state index in [-0.39, 0.29) is 5.69 Å². The van der Waals surface area contributed by atoms with Crippen LogP contribution in [0.3, 0.4) is 0 Å². The molecule has 0 aliphatic carbocycles. The number of alkyl halides is 3. The van der Waals surface area contributed by atoms with Crippen molar-refractivity contribution in [2.45, 2.75) is 24.1 Å². The predicted molar refractivity (Wildman–Crippen MR) is 102 cm³/mol. The molecule has 1 amide bonds. The quantitative estimate of drug-likeness (QED) is 0.613. The van der Waals surface area contributed by atoms with Crippen LogP contribution in [0.5, 0.6) is 5.75 Å². The van der Waals surface area contributed by atoms with E-state index >= 15 is 0 Å². The number of carbonyl (C=O) groups excluding carboxylic acids is 1. The lowest BCUT2D eigenvalue weighted by Crippen LogP contribution is -2.24. The number of carbonyl (C=O) groups is 1. The zero-order valence-corrected chi connectivity index (χ0v) is 16.5. The van der Waals surface area contributed by atoms with Crippen molar-refractivity contribution >= 4 is 39.3 Å². The molecule has 1 atom stereocenters. The topological polar surface area (TPSA) is 38.3 Å². The second kappa shape index (κ2) is 8.81. The molecule has 1 N–H and O–H groups in total. The van der Waals surface area contributed by atoms with Gasteiger partial charge in [-0.15, -0.1) is 11.8 Å². The molecule has 0 heterocycles. The van der Waals surface area contributed by atoms with Crippen molar-refractivity contribution in [1.82, 2.24) is 0 Å². The largest absolute Gasteiger partial charge is 0.496 e. The number of rotatable bonds is 6. The maximum atomic E-state index is 13.0. The lowest BCUT2D eigenvalue weighted by Gasteiger charge is -2.16. The molecule has 0 aromatic heterocycles. The molecule has 8 heteroatoms. The molecular weight excluding hydrogens is 431 g/mol. The maximum absolute atomic E-state index is 13.0. The molecule has 2 aromatic carbocycles.